The molecule has 0 saturated carbocycles. The molecule has 3 saturated heterocycles. The molecule has 24 nitrogen and oxygen atoms in total. The molecule has 16 atom stereocenters. The van der Waals surface area contributed by atoms with E-state index in [9.17, 15) is 76.0 Å². The number of hydrogen-bond acceptors (Lipinski definition) is 22. The van der Waals surface area contributed by atoms with Crippen LogP contribution in [-0.2, 0) is 38.0 Å². The number of carbonyl (C=O) groups excluding carboxylic acids is 1. The van der Waals surface area contributed by atoms with Crippen LogP contribution in [0.5, 0.6) is 28.7 Å². The maximum absolute atomic E-state index is 12.1. The van der Waals surface area contributed by atoms with Crippen molar-refractivity contribution in [2.75, 3.05) is 19.8 Å². The number of rotatable bonds is 13. The lowest BCUT2D eigenvalue weighted by Gasteiger charge is -2.46. The molecule has 0 radical (unpaired) electrons. The van der Waals surface area contributed by atoms with Gasteiger partial charge in [0.1, 0.15) is 103 Å². The van der Waals surface area contributed by atoms with Crippen LogP contribution in [-0.4, -0.2) is 200 Å². The Morgan fingerprint density at radius 2 is 1.27 bits per heavy atom. The number of phenolic OH excluding ortho intramolecular Hbond substituents is 3. The predicted molar refractivity (Wildman–Crippen MR) is 188 cm³/mol. The molecule has 4 aliphatic heterocycles. The van der Waals surface area contributed by atoms with E-state index in [1.165, 1.54) is 24.3 Å². The molecule has 60 heavy (non-hydrogen) atoms. The van der Waals surface area contributed by atoms with Crippen molar-refractivity contribution in [1.82, 2.24) is 0 Å². The summed E-state index contributed by atoms with van der Waals surface area (Å²) in [6, 6.07) is 5.78. The molecule has 4 aliphatic rings. The second-order valence-corrected chi connectivity index (χ2v) is 14.2. The van der Waals surface area contributed by atoms with Crippen LogP contribution in [0.15, 0.2) is 36.1 Å². The smallest absolute Gasteiger partial charge is 0.317 e. The van der Waals surface area contributed by atoms with Crippen LogP contribution in [0.25, 0.3) is 6.08 Å². The Balaban J connectivity index is 1.31. The third kappa shape index (κ3) is 9.31. The van der Waals surface area contributed by atoms with Crippen molar-refractivity contribution in [2.24, 2.45) is 0 Å². The van der Waals surface area contributed by atoms with Crippen LogP contribution in [0, 0.1) is 0 Å². The number of carboxylic acids is 1. The quantitative estimate of drug-likeness (QED) is 0.0509. The van der Waals surface area contributed by atoms with Crippen LogP contribution in [0.4, 0.5) is 0 Å². The zero-order chi connectivity index (χ0) is 43.7. The maximum atomic E-state index is 12.1. The highest BCUT2D eigenvalue weighted by Crippen LogP contribution is 2.47. The zero-order valence-corrected chi connectivity index (χ0v) is 30.9. The second kappa shape index (κ2) is 18.5. The first kappa shape index (κ1) is 44.9. The molecule has 4 heterocycles. The molecule has 2 aromatic carbocycles. The number of carboxylic acid groups (broad SMARTS) is 1. The number of hydrogen-bond donors (Lipinski definition) is 14. The highest BCUT2D eigenvalue weighted by atomic mass is 16.7. The van der Waals surface area contributed by atoms with Crippen LogP contribution in [0.2, 0.25) is 0 Å². The first-order valence-electron chi connectivity index (χ1n) is 18.2. The van der Waals surface area contributed by atoms with Gasteiger partial charge in [-0.15, -0.1) is 0 Å². The molecule has 1 unspecified atom stereocenters. The van der Waals surface area contributed by atoms with E-state index in [0.717, 1.165) is 12.1 Å². The number of carbonyl (C=O) groups is 2. The highest BCUT2D eigenvalue weighted by Gasteiger charge is 2.53. The van der Waals surface area contributed by atoms with Gasteiger partial charge in [-0.25, -0.2) is 0 Å². The van der Waals surface area contributed by atoms with E-state index in [1.807, 2.05) is 0 Å². The van der Waals surface area contributed by atoms with Gasteiger partial charge in [-0.3, -0.25) is 9.59 Å². The summed E-state index contributed by atoms with van der Waals surface area (Å²) in [5.74, 6) is -4.89. The van der Waals surface area contributed by atoms with Crippen molar-refractivity contribution in [3.63, 3.8) is 0 Å². The lowest BCUT2D eigenvalue weighted by Crippen LogP contribution is -2.65. The number of aliphatic hydroxyl groups is 11. The fourth-order valence-corrected chi connectivity index (χ4v) is 6.83. The maximum Gasteiger partial charge on any atom is 0.317 e. The molecular weight excluding hydrogens is 816 g/mol. The third-order valence-corrected chi connectivity index (χ3v) is 10.1. The monoisotopic (exact) mass is 861 g/mol. The van der Waals surface area contributed by atoms with Gasteiger partial charge >= 0.3 is 11.9 Å². The van der Waals surface area contributed by atoms with E-state index in [4.69, 9.17) is 38.3 Å². The molecule has 0 bridgehead atoms. The van der Waals surface area contributed by atoms with E-state index >= 15 is 0 Å². The summed E-state index contributed by atoms with van der Waals surface area (Å²) in [6.45, 7) is -2.48. The molecule has 0 spiro atoms. The number of aliphatic carboxylic acids is 1. The van der Waals surface area contributed by atoms with Crippen molar-refractivity contribution in [1.29, 1.82) is 0 Å². The van der Waals surface area contributed by atoms with E-state index in [0.29, 0.717) is 0 Å². The fraction of sp³-hybridized carbons (Fsp3) is 0.556. The minimum atomic E-state index is -2.09. The number of ether oxygens (including phenoxy) is 8. The molecule has 0 aliphatic carbocycles. The van der Waals surface area contributed by atoms with E-state index in [-0.39, 0.29) is 28.4 Å². The van der Waals surface area contributed by atoms with Crippen LogP contribution < -0.4 is 4.74 Å². The summed E-state index contributed by atoms with van der Waals surface area (Å²) < 4.78 is 43.3. The average Bonchev–Trinajstić information content (AvgIpc) is 3.20. The van der Waals surface area contributed by atoms with Gasteiger partial charge < -0.3 is 109 Å². The van der Waals surface area contributed by atoms with Gasteiger partial charge in [0.15, 0.2) is 23.5 Å². The zero-order valence-electron chi connectivity index (χ0n) is 30.9. The summed E-state index contributed by atoms with van der Waals surface area (Å²) >= 11 is 0. The summed E-state index contributed by atoms with van der Waals surface area (Å²) in [5.41, 5.74) is 0.0661. The van der Waals surface area contributed by atoms with Gasteiger partial charge in [0, 0.05) is 12.1 Å². The van der Waals surface area contributed by atoms with E-state index in [1.54, 1.807) is 0 Å². The van der Waals surface area contributed by atoms with Gasteiger partial charge in [0.05, 0.1) is 24.8 Å². The topological polar surface area (TPSA) is 395 Å². The molecule has 0 aromatic heterocycles. The molecule has 3 fully saturated rings. The SMILES string of the molecule is O=C(O)CC(=O)OC[C@H]1O[C@@H](OC2=Cc3c(O)cc(O)cc3[OH+]C2c2ccc(O[C@@H]3O[C@@H](CO)[C@@H](O)[C@H](O)[C@@H]3O)c(O)c2)[C@H](O)[C@@H](O[C@@H]2O[C@@H](CO)[C@@H](O)[C@H](O)[C@H]2O)[C@@H]1O. The second-order valence-electron chi connectivity index (χ2n) is 14.2. The molecule has 24 heteroatoms. The number of aromatic hydroxyl groups is 4. The van der Waals surface area contributed by atoms with Crippen LogP contribution in [0.1, 0.15) is 23.7 Å². The Morgan fingerprint density at radius 3 is 1.88 bits per heavy atom. The Morgan fingerprint density at radius 1 is 0.667 bits per heavy atom. The predicted octanol–water partition coefficient (Wildman–Crippen LogP) is -5.01. The normalized spacial score (nSPS) is 36.6. The Bertz CT molecular complexity index is 1870. The summed E-state index contributed by atoms with van der Waals surface area (Å²) in [7, 11) is 0. The van der Waals surface area contributed by atoms with Crippen LogP contribution >= 0.6 is 0 Å². The van der Waals surface area contributed by atoms with Crippen molar-refractivity contribution in [2.45, 2.75) is 105 Å². The van der Waals surface area contributed by atoms with Crippen molar-refractivity contribution in [3.8, 4) is 28.7 Å². The van der Waals surface area contributed by atoms with Gasteiger partial charge in [0.2, 0.25) is 12.6 Å². The fourth-order valence-electron chi connectivity index (χ4n) is 6.83. The van der Waals surface area contributed by atoms with Crippen LogP contribution in [0.3, 0.4) is 0 Å². The largest absolute Gasteiger partial charge is 0.571 e. The van der Waals surface area contributed by atoms with Gasteiger partial charge in [-0.05, 0) is 18.2 Å². The minimum absolute atomic E-state index is 0.00133. The molecule has 332 valence electrons. The Kier molecular flexibility index (Phi) is 13.9. The minimum Gasteiger partial charge on any atom is -0.571 e. The summed E-state index contributed by atoms with van der Waals surface area (Å²) in [4.78, 5) is 23.2. The van der Waals surface area contributed by atoms with Gasteiger partial charge in [0.25, 0.3) is 11.9 Å². The number of esters is 1. The Hall–Kier alpha value is -4.64. The first-order chi connectivity index (χ1) is 28.4. The number of phenols is 3. The lowest BCUT2D eigenvalue weighted by atomic mass is 9.96. The highest BCUT2D eigenvalue weighted by molar-refractivity contribution is 5.90. The van der Waals surface area contributed by atoms with E-state index < -0.39 is 154 Å². The first-order valence-corrected chi connectivity index (χ1v) is 18.2. The molecule has 0 amide bonds. The van der Waals surface area contributed by atoms with E-state index in [2.05, 4.69) is 4.74 Å². The third-order valence-electron chi connectivity index (χ3n) is 10.1. The van der Waals surface area contributed by atoms with Gasteiger partial charge in [-0.2, -0.15) is 0 Å². The summed E-state index contributed by atoms with van der Waals surface area (Å²) in [6.07, 6.45) is -28.3. The number of fused-ring (bicyclic) bond motifs is 1. The average molecular weight is 862 g/mol. The molecule has 6 rings (SSSR count). The van der Waals surface area contributed by atoms with Crippen molar-refractivity contribution in [3.05, 3.63) is 47.2 Å². The molecular formula is C36H45O24+. The molecule has 15 N–H and O–H groups in total. The van der Waals surface area contributed by atoms with Gasteiger partial charge in [-0.1, -0.05) is 0 Å². The van der Waals surface area contributed by atoms with Crippen molar-refractivity contribution >= 4 is 18.0 Å². The Labute approximate surface area is 337 Å². The number of aliphatic hydroxyl groups excluding tert-OH is 10. The van der Waals surface area contributed by atoms with Crippen molar-refractivity contribution < 1.29 is 119 Å². The molecule has 2 aromatic rings. The standard InChI is InChI=1S/C36H44O24/c37-8-19-24(45)27(48)29(50)34(57-19)55-16-2-1-11(3-15(16)41)32-18(6-13-14(40)4-12(39)5-17(13)54-32)56-36-31(52)33(26(47)21(59-36)10-53-23(44)7-22(42)43)60-35-30(51)28(49)25(46)20(9-38)58-35/h1-6,19-21,24-41,45-52H,7-10H2,(H,42,43)/p+1/t19-,20-,21+,24+,25+,26+,27-,28-,29-,30+,31+,32?,33-,34+,35-,36+/m0/s1. The number of benzene rings is 2. The summed E-state index contributed by atoms with van der Waals surface area (Å²) in [5, 5.41) is 145. The lowest BCUT2D eigenvalue weighted by molar-refractivity contribution is -0.358.